The third kappa shape index (κ3) is 7.16. The van der Waals surface area contributed by atoms with E-state index in [0.717, 1.165) is 12.0 Å². The summed E-state index contributed by atoms with van der Waals surface area (Å²) in [5.41, 5.74) is 1.79. The number of unbranched alkanes of at least 4 members (excludes halogenated alkanes) is 1. The average molecular weight is 579 g/mol. The zero-order chi connectivity index (χ0) is 29.5. The molecule has 0 bridgehead atoms. The lowest BCUT2D eigenvalue weighted by atomic mass is 10.00. The second kappa shape index (κ2) is 13.8. The van der Waals surface area contributed by atoms with Crippen LogP contribution in [0, 0.1) is 5.92 Å². The molecule has 2 aliphatic rings. The Kier molecular flexibility index (Phi) is 10.2. The number of likely N-dealkylation sites (N-methyl/N-ethyl adjacent to an activating group) is 1. The Bertz CT molecular complexity index is 1250. The van der Waals surface area contributed by atoms with Crippen LogP contribution in [0.5, 0.6) is 0 Å². The number of thiol groups is 1. The molecule has 4 atom stereocenters. The van der Waals surface area contributed by atoms with Crippen molar-refractivity contribution >= 4 is 42.2 Å². The molecule has 1 saturated heterocycles. The SMILES string of the molecule is CNC(=O)[C@H](Cc1ccccc1)N1CC[C@H](C)CC(NC(=O)C(S)CCCCN2C(=O)c3ccccc3C2=O)C1=O. The highest BCUT2D eigenvalue weighted by atomic mass is 32.1. The van der Waals surface area contributed by atoms with Crippen molar-refractivity contribution in [1.82, 2.24) is 20.4 Å². The van der Waals surface area contributed by atoms with Gasteiger partial charge in [-0.2, -0.15) is 12.6 Å². The van der Waals surface area contributed by atoms with Gasteiger partial charge >= 0.3 is 0 Å². The van der Waals surface area contributed by atoms with Crippen molar-refractivity contribution in [1.29, 1.82) is 0 Å². The number of hydrogen-bond acceptors (Lipinski definition) is 6. The van der Waals surface area contributed by atoms with E-state index in [4.69, 9.17) is 0 Å². The minimum atomic E-state index is -0.754. The molecule has 2 aromatic carbocycles. The average Bonchev–Trinajstić information content (AvgIpc) is 3.13. The van der Waals surface area contributed by atoms with Crippen molar-refractivity contribution in [2.45, 2.75) is 62.8 Å². The summed E-state index contributed by atoms with van der Waals surface area (Å²) in [6.07, 6.45) is 3.12. The summed E-state index contributed by atoms with van der Waals surface area (Å²) in [7, 11) is 1.56. The summed E-state index contributed by atoms with van der Waals surface area (Å²) in [5, 5.41) is 4.93. The van der Waals surface area contributed by atoms with Crippen molar-refractivity contribution in [3.05, 3.63) is 71.3 Å². The molecule has 0 spiro atoms. The molecule has 2 heterocycles. The standard InChI is InChI=1S/C31H38N4O5S/c1-20-15-17-34(25(27(36)32-2)19-21-10-4-3-5-11-21)31(40)24(18-20)33-28(37)26(41)14-8-9-16-35-29(38)22-12-6-7-13-23(22)30(35)39/h3-7,10-13,20,24-26,41H,8-9,14-19H2,1-2H3,(H,32,36)(H,33,37)/t20-,24?,25-,26?/m0/s1. The van der Waals surface area contributed by atoms with Gasteiger partial charge in [-0.25, -0.2) is 0 Å². The molecule has 2 aromatic rings. The molecule has 5 amide bonds. The van der Waals surface area contributed by atoms with Gasteiger partial charge in [0.25, 0.3) is 11.8 Å². The lowest BCUT2D eigenvalue weighted by molar-refractivity contribution is -0.142. The normalized spacial score (nSPS) is 20.3. The topological polar surface area (TPSA) is 116 Å². The van der Waals surface area contributed by atoms with E-state index in [1.165, 1.54) is 4.90 Å². The Morgan fingerprint density at radius 1 is 0.951 bits per heavy atom. The van der Waals surface area contributed by atoms with Crippen molar-refractivity contribution in [2.24, 2.45) is 5.92 Å². The summed E-state index contributed by atoms with van der Waals surface area (Å²) in [6.45, 7) is 2.74. The van der Waals surface area contributed by atoms with Gasteiger partial charge in [0.2, 0.25) is 17.7 Å². The molecule has 4 rings (SSSR count). The molecule has 218 valence electrons. The second-order valence-electron chi connectivity index (χ2n) is 10.9. The zero-order valence-electron chi connectivity index (χ0n) is 23.5. The number of hydrogen-bond donors (Lipinski definition) is 3. The fraction of sp³-hybridized carbons (Fsp3) is 0.452. The summed E-state index contributed by atoms with van der Waals surface area (Å²) >= 11 is 4.49. The first-order valence-corrected chi connectivity index (χ1v) is 14.7. The molecule has 10 heteroatoms. The lowest BCUT2D eigenvalue weighted by Crippen LogP contribution is -2.56. The highest BCUT2D eigenvalue weighted by molar-refractivity contribution is 7.81. The monoisotopic (exact) mass is 578 g/mol. The quantitative estimate of drug-likeness (QED) is 0.216. The predicted molar refractivity (Wildman–Crippen MR) is 158 cm³/mol. The van der Waals surface area contributed by atoms with E-state index in [1.807, 2.05) is 37.3 Å². The highest BCUT2D eigenvalue weighted by Gasteiger charge is 2.38. The van der Waals surface area contributed by atoms with Gasteiger partial charge in [0.1, 0.15) is 12.1 Å². The van der Waals surface area contributed by atoms with Crippen LogP contribution in [0.1, 0.15) is 65.3 Å². The maximum Gasteiger partial charge on any atom is 0.261 e. The summed E-state index contributed by atoms with van der Waals surface area (Å²) < 4.78 is 0. The van der Waals surface area contributed by atoms with Crippen molar-refractivity contribution in [3.8, 4) is 0 Å². The first-order chi connectivity index (χ1) is 19.7. The number of amides is 5. The van der Waals surface area contributed by atoms with E-state index < -0.39 is 17.3 Å². The van der Waals surface area contributed by atoms with Crippen molar-refractivity contribution < 1.29 is 24.0 Å². The molecular formula is C31H38N4O5S. The van der Waals surface area contributed by atoms with E-state index in [9.17, 15) is 24.0 Å². The molecule has 0 radical (unpaired) electrons. The van der Waals surface area contributed by atoms with Gasteiger partial charge in [0, 0.05) is 26.6 Å². The lowest BCUT2D eigenvalue weighted by Gasteiger charge is -2.32. The Labute approximate surface area is 246 Å². The largest absolute Gasteiger partial charge is 0.357 e. The van der Waals surface area contributed by atoms with Crippen LogP contribution in [0.15, 0.2) is 54.6 Å². The van der Waals surface area contributed by atoms with E-state index in [-0.39, 0.29) is 42.0 Å². The molecule has 0 aromatic heterocycles. The minimum Gasteiger partial charge on any atom is -0.357 e. The number of benzene rings is 2. The minimum absolute atomic E-state index is 0.175. The molecular weight excluding hydrogens is 540 g/mol. The third-order valence-electron chi connectivity index (χ3n) is 7.89. The Hall–Kier alpha value is -3.66. The first-order valence-electron chi connectivity index (χ1n) is 14.2. The van der Waals surface area contributed by atoms with Gasteiger partial charge in [-0.05, 0) is 49.3 Å². The zero-order valence-corrected chi connectivity index (χ0v) is 24.4. The maximum atomic E-state index is 13.7. The number of likely N-dealkylation sites (tertiary alicyclic amines) is 1. The van der Waals surface area contributed by atoms with Gasteiger partial charge in [0.05, 0.1) is 16.4 Å². The maximum absolute atomic E-state index is 13.7. The van der Waals surface area contributed by atoms with Crippen LogP contribution < -0.4 is 10.6 Å². The van der Waals surface area contributed by atoms with Crippen molar-refractivity contribution in [3.63, 3.8) is 0 Å². The molecule has 2 N–H and O–H groups in total. The van der Waals surface area contributed by atoms with Gasteiger partial charge < -0.3 is 15.5 Å². The number of fused-ring (bicyclic) bond motifs is 1. The van der Waals surface area contributed by atoms with E-state index in [1.54, 1.807) is 36.2 Å². The Balaban J connectivity index is 1.33. The fourth-order valence-corrected chi connectivity index (χ4v) is 5.78. The molecule has 2 aliphatic heterocycles. The molecule has 41 heavy (non-hydrogen) atoms. The highest BCUT2D eigenvalue weighted by Crippen LogP contribution is 2.24. The second-order valence-corrected chi connectivity index (χ2v) is 11.5. The van der Waals surface area contributed by atoms with Crippen LogP contribution in [-0.2, 0) is 20.8 Å². The summed E-state index contributed by atoms with van der Waals surface area (Å²) in [5.74, 6) is -1.27. The van der Waals surface area contributed by atoms with Gasteiger partial charge in [-0.1, -0.05) is 55.8 Å². The number of carbonyl (C=O) groups excluding carboxylic acids is 5. The Morgan fingerprint density at radius 2 is 1.59 bits per heavy atom. The number of nitrogens with zero attached hydrogens (tertiary/aromatic N) is 2. The fourth-order valence-electron chi connectivity index (χ4n) is 5.52. The van der Waals surface area contributed by atoms with Crippen LogP contribution in [0.2, 0.25) is 0 Å². The van der Waals surface area contributed by atoms with E-state index in [0.29, 0.717) is 49.8 Å². The first kappa shape index (κ1) is 30.3. The third-order valence-corrected chi connectivity index (χ3v) is 8.38. The van der Waals surface area contributed by atoms with Gasteiger partial charge in [-0.15, -0.1) is 0 Å². The van der Waals surface area contributed by atoms with Crippen molar-refractivity contribution in [2.75, 3.05) is 20.1 Å². The summed E-state index contributed by atoms with van der Waals surface area (Å²) in [4.78, 5) is 67.6. The summed E-state index contributed by atoms with van der Waals surface area (Å²) in [6, 6.07) is 14.9. The van der Waals surface area contributed by atoms with Crippen LogP contribution in [0.4, 0.5) is 0 Å². The number of carbonyl (C=O) groups is 5. The molecule has 0 saturated carbocycles. The molecule has 1 fully saturated rings. The van der Waals surface area contributed by atoms with Crippen LogP contribution in [0.25, 0.3) is 0 Å². The van der Waals surface area contributed by atoms with Crippen LogP contribution in [-0.4, -0.2) is 76.8 Å². The Morgan fingerprint density at radius 3 is 2.22 bits per heavy atom. The van der Waals surface area contributed by atoms with Crippen LogP contribution in [0.3, 0.4) is 0 Å². The van der Waals surface area contributed by atoms with Gasteiger partial charge in [0.15, 0.2) is 0 Å². The molecule has 9 nitrogen and oxygen atoms in total. The molecule has 0 aliphatic carbocycles. The number of rotatable bonds is 11. The number of nitrogens with one attached hydrogen (secondary N) is 2. The predicted octanol–water partition coefficient (Wildman–Crippen LogP) is 2.85. The molecule has 2 unspecified atom stereocenters. The smallest absolute Gasteiger partial charge is 0.261 e. The van der Waals surface area contributed by atoms with E-state index in [2.05, 4.69) is 23.3 Å². The van der Waals surface area contributed by atoms with Crippen LogP contribution >= 0.6 is 12.6 Å². The number of imide groups is 1. The van der Waals surface area contributed by atoms with Gasteiger partial charge in [-0.3, -0.25) is 28.9 Å². The van der Waals surface area contributed by atoms with E-state index >= 15 is 0 Å².